The highest BCUT2D eigenvalue weighted by Crippen LogP contribution is 2.40. The average Bonchev–Trinajstić information content (AvgIpc) is 2.73. The van der Waals surface area contributed by atoms with Crippen molar-refractivity contribution in [2.45, 2.75) is 96.3 Å². The number of hydrogen-bond acceptors (Lipinski definition) is 0. The number of allylic oxidation sites excluding steroid dienone is 1. The van der Waals surface area contributed by atoms with Crippen molar-refractivity contribution in [3.05, 3.63) is 47.8 Å². The maximum atomic E-state index is 12.2. The van der Waals surface area contributed by atoms with Crippen LogP contribution >= 0.6 is 0 Å². The third-order valence-corrected chi connectivity index (χ3v) is 7.34. The molecule has 2 fully saturated rings. The molecule has 2 saturated carbocycles. The second kappa shape index (κ2) is 11.0. The van der Waals surface area contributed by atoms with Crippen LogP contribution in [0, 0.1) is 17.8 Å². The van der Waals surface area contributed by atoms with Gasteiger partial charge in [0.2, 0.25) is 0 Å². The van der Waals surface area contributed by atoms with Gasteiger partial charge in [0.25, 0.3) is 0 Å². The van der Waals surface area contributed by atoms with Gasteiger partial charge in [-0.05, 0) is 86.2 Å². The Labute approximate surface area is 166 Å². The summed E-state index contributed by atoms with van der Waals surface area (Å²) in [5, 5.41) is 0. The molecule has 0 amide bonds. The summed E-state index contributed by atoms with van der Waals surface area (Å²) in [4.78, 5) is 0. The zero-order valence-corrected chi connectivity index (χ0v) is 17.3. The summed E-state index contributed by atoms with van der Waals surface area (Å²) in [5.41, 5.74) is 3.07. The summed E-state index contributed by atoms with van der Waals surface area (Å²) in [6, 6.07) is 9.49. The maximum Gasteiger partial charge on any atom is 0.0827 e. The molecule has 1 aromatic rings. The molecule has 0 spiro atoms. The summed E-state index contributed by atoms with van der Waals surface area (Å²) < 4.78 is 12.2. The van der Waals surface area contributed by atoms with Crippen LogP contribution in [-0.4, -0.2) is 0 Å². The van der Waals surface area contributed by atoms with E-state index in [0.29, 0.717) is 0 Å². The molecule has 0 aromatic heterocycles. The minimum absolute atomic E-state index is 0.724. The van der Waals surface area contributed by atoms with Gasteiger partial charge < -0.3 is 0 Å². The van der Waals surface area contributed by atoms with Crippen LogP contribution in [0.2, 0.25) is 0 Å². The molecule has 27 heavy (non-hydrogen) atoms. The van der Waals surface area contributed by atoms with Gasteiger partial charge in [0.1, 0.15) is 0 Å². The molecule has 3 rings (SSSR count). The van der Waals surface area contributed by atoms with Crippen LogP contribution in [0.1, 0.15) is 101 Å². The standard InChI is InChI=1S/C26H39F/c1-2-4-21-12-16-25(17-13-21)26-18-14-24(15-19-26)11-10-23-8-6-22(7-9-23)5-3-20-27/h3,12-13,16-17,20,22-24,26H,2,4-11,14-15,18-19H2,1H3/t22-,23-,24-,26-. The number of aryl methyl sites for hydroxylation is 1. The predicted octanol–water partition coefficient (Wildman–Crippen LogP) is 8.37. The fraction of sp³-hybridized carbons (Fsp3) is 0.692. The SMILES string of the molecule is CCCc1ccc([C@H]2CC[C@H](CC[C@H]3CC[C@H](CC=CF)CC3)CC2)cc1. The molecule has 0 saturated heterocycles. The van der Waals surface area contributed by atoms with E-state index in [4.69, 9.17) is 0 Å². The average molecular weight is 371 g/mol. The van der Waals surface area contributed by atoms with Crippen LogP contribution in [0.4, 0.5) is 4.39 Å². The van der Waals surface area contributed by atoms with E-state index in [1.807, 2.05) is 0 Å². The fourth-order valence-electron chi connectivity index (χ4n) is 5.50. The van der Waals surface area contributed by atoms with Gasteiger partial charge in [-0.3, -0.25) is 0 Å². The highest BCUT2D eigenvalue weighted by Gasteiger charge is 2.25. The molecule has 150 valence electrons. The van der Waals surface area contributed by atoms with E-state index in [1.165, 1.54) is 82.6 Å². The smallest absolute Gasteiger partial charge is 0.0827 e. The fourth-order valence-corrected chi connectivity index (χ4v) is 5.50. The van der Waals surface area contributed by atoms with Gasteiger partial charge in [0, 0.05) is 0 Å². The van der Waals surface area contributed by atoms with Gasteiger partial charge in [0.15, 0.2) is 0 Å². The van der Waals surface area contributed by atoms with Gasteiger partial charge in [-0.2, -0.15) is 0 Å². The van der Waals surface area contributed by atoms with Gasteiger partial charge >= 0.3 is 0 Å². The van der Waals surface area contributed by atoms with E-state index in [0.717, 1.165) is 36.4 Å². The molecule has 0 N–H and O–H groups in total. The molecule has 0 bridgehead atoms. The monoisotopic (exact) mass is 370 g/mol. The Kier molecular flexibility index (Phi) is 8.42. The van der Waals surface area contributed by atoms with Crippen molar-refractivity contribution >= 4 is 0 Å². The third-order valence-electron chi connectivity index (χ3n) is 7.34. The topological polar surface area (TPSA) is 0 Å². The van der Waals surface area contributed by atoms with E-state index in [-0.39, 0.29) is 0 Å². The molecule has 0 unspecified atom stereocenters. The van der Waals surface area contributed by atoms with E-state index >= 15 is 0 Å². The molecule has 0 atom stereocenters. The van der Waals surface area contributed by atoms with Crippen LogP contribution in [0.25, 0.3) is 0 Å². The van der Waals surface area contributed by atoms with Crippen LogP contribution in [0.3, 0.4) is 0 Å². The van der Waals surface area contributed by atoms with Gasteiger partial charge in [-0.1, -0.05) is 69.4 Å². The number of halogens is 1. The summed E-state index contributed by atoms with van der Waals surface area (Å²) in [6.45, 7) is 2.25. The summed E-state index contributed by atoms with van der Waals surface area (Å²) in [6.07, 6.45) is 19.7. The minimum atomic E-state index is 0.724. The van der Waals surface area contributed by atoms with Crippen LogP contribution in [-0.2, 0) is 6.42 Å². The molecular weight excluding hydrogens is 331 g/mol. The van der Waals surface area contributed by atoms with Crippen molar-refractivity contribution < 1.29 is 4.39 Å². The van der Waals surface area contributed by atoms with Crippen LogP contribution in [0.5, 0.6) is 0 Å². The first-order valence-electron chi connectivity index (χ1n) is 11.6. The Morgan fingerprint density at radius 1 is 0.815 bits per heavy atom. The van der Waals surface area contributed by atoms with Crippen molar-refractivity contribution in [1.82, 2.24) is 0 Å². The minimum Gasteiger partial charge on any atom is -0.216 e. The van der Waals surface area contributed by atoms with E-state index in [2.05, 4.69) is 31.2 Å². The van der Waals surface area contributed by atoms with Crippen molar-refractivity contribution in [1.29, 1.82) is 0 Å². The molecule has 0 heterocycles. The number of rotatable bonds is 8. The molecule has 1 aromatic carbocycles. The molecule has 0 radical (unpaired) electrons. The Hall–Kier alpha value is -1.11. The highest BCUT2D eigenvalue weighted by atomic mass is 19.1. The molecule has 2 aliphatic carbocycles. The van der Waals surface area contributed by atoms with Crippen molar-refractivity contribution in [3.8, 4) is 0 Å². The Morgan fingerprint density at radius 3 is 1.93 bits per heavy atom. The summed E-state index contributed by atoms with van der Waals surface area (Å²) in [7, 11) is 0. The second-order valence-electron chi connectivity index (χ2n) is 9.27. The Morgan fingerprint density at radius 2 is 1.37 bits per heavy atom. The number of hydrogen-bond donors (Lipinski definition) is 0. The third kappa shape index (κ3) is 6.47. The van der Waals surface area contributed by atoms with Crippen LogP contribution < -0.4 is 0 Å². The molecule has 2 aliphatic rings. The Balaban J connectivity index is 1.34. The van der Waals surface area contributed by atoms with E-state index in [1.54, 1.807) is 11.6 Å². The first-order valence-corrected chi connectivity index (χ1v) is 11.6. The quantitative estimate of drug-likeness (QED) is 0.431. The Bertz CT molecular complexity index is 542. The summed E-state index contributed by atoms with van der Waals surface area (Å²) in [5.74, 6) is 3.45. The van der Waals surface area contributed by atoms with Crippen molar-refractivity contribution in [2.24, 2.45) is 17.8 Å². The predicted molar refractivity (Wildman–Crippen MR) is 115 cm³/mol. The normalized spacial score (nSPS) is 29.3. The largest absolute Gasteiger partial charge is 0.216 e. The highest BCUT2D eigenvalue weighted by molar-refractivity contribution is 5.25. The summed E-state index contributed by atoms with van der Waals surface area (Å²) >= 11 is 0. The number of benzene rings is 1. The second-order valence-corrected chi connectivity index (χ2v) is 9.27. The maximum absolute atomic E-state index is 12.2. The van der Waals surface area contributed by atoms with Crippen molar-refractivity contribution in [3.63, 3.8) is 0 Å². The van der Waals surface area contributed by atoms with E-state index in [9.17, 15) is 4.39 Å². The molecule has 0 nitrogen and oxygen atoms in total. The first kappa shape index (κ1) is 20.6. The zero-order chi connectivity index (χ0) is 18.9. The molecule has 1 heteroatoms. The molecular formula is C26H39F. The lowest BCUT2D eigenvalue weighted by Crippen LogP contribution is -2.17. The lowest BCUT2D eigenvalue weighted by molar-refractivity contribution is 0.231. The van der Waals surface area contributed by atoms with Gasteiger partial charge in [-0.15, -0.1) is 0 Å². The van der Waals surface area contributed by atoms with Gasteiger partial charge in [0.05, 0.1) is 6.33 Å². The van der Waals surface area contributed by atoms with Gasteiger partial charge in [-0.25, -0.2) is 4.39 Å². The van der Waals surface area contributed by atoms with Crippen LogP contribution in [0.15, 0.2) is 36.7 Å². The lowest BCUT2D eigenvalue weighted by atomic mass is 9.74. The zero-order valence-electron chi connectivity index (χ0n) is 17.3. The van der Waals surface area contributed by atoms with Crippen molar-refractivity contribution in [2.75, 3.05) is 0 Å². The first-order chi connectivity index (χ1) is 13.3. The van der Waals surface area contributed by atoms with E-state index < -0.39 is 0 Å². The lowest BCUT2D eigenvalue weighted by Gasteiger charge is -2.32. The molecule has 0 aliphatic heterocycles.